The van der Waals surface area contributed by atoms with Crippen LogP contribution in [0, 0.1) is 11.8 Å². The van der Waals surface area contributed by atoms with Crippen LogP contribution in [0.15, 0.2) is 42.7 Å². The molecule has 2 N–H and O–H groups in total. The fraction of sp³-hybridized carbons (Fsp3) is 0.483. The molecule has 44 heavy (non-hydrogen) atoms. The van der Waals surface area contributed by atoms with Crippen molar-refractivity contribution >= 4 is 29.8 Å². The first kappa shape index (κ1) is 32.3. The Morgan fingerprint density at radius 2 is 1.68 bits per heavy atom. The zero-order chi connectivity index (χ0) is 32.1. The second-order valence-corrected chi connectivity index (χ2v) is 10.1. The molecule has 1 aromatic rings. The number of carbonyl (C=O) groups excluding carboxylic acids is 5. The van der Waals surface area contributed by atoms with E-state index >= 15 is 0 Å². The maximum absolute atomic E-state index is 13.2. The molecule has 238 valence electrons. The molecule has 3 heterocycles. The van der Waals surface area contributed by atoms with E-state index in [0.717, 1.165) is 32.9 Å². The van der Waals surface area contributed by atoms with Gasteiger partial charge in [0.25, 0.3) is 0 Å². The Balaban J connectivity index is 1.70. The maximum atomic E-state index is 13.2. The number of para-hydroxylation sites is 1. The number of fused-ring (bicyclic) bond motifs is 1. The first-order chi connectivity index (χ1) is 20.9. The first-order valence-electron chi connectivity index (χ1n) is 13.6. The highest BCUT2D eigenvalue weighted by Crippen LogP contribution is 2.40. The minimum atomic E-state index is -1.60. The average Bonchev–Trinajstić information content (AvgIpc) is 2.96. The van der Waals surface area contributed by atoms with E-state index in [-0.39, 0.29) is 18.1 Å². The van der Waals surface area contributed by atoms with Gasteiger partial charge in [0.1, 0.15) is 18.3 Å². The van der Waals surface area contributed by atoms with Crippen LogP contribution in [0.3, 0.4) is 0 Å². The predicted molar refractivity (Wildman–Crippen MR) is 142 cm³/mol. The van der Waals surface area contributed by atoms with Crippen LogP contribution in [-0.4, -0.2) is 90.3 Å². The summed E-state index contributed by atoms with van der Waals surface area (Å²) in [6.07, 6.45) is -5.69. The van der Waals surface area contributed by atoms with Crippen molar-refractivity contribution in [3.63, 3.8) is 0 Å². The lowest BCUT2D eigenvalue weighted by Crippen LogP contribution is -2.63. The lowest BCUT2D eigenvalue weighted by molar-refractivity contribution is -0.341. The molecule has 0 aliphatic carbocycles. The molecule has 0 radical (unpaired) electrons. The van der Waals surface area contributed by atoms with Gasteiger partial charge in [-0.1, -0.05) is 12.1 Å². The van der Waals surface area contributed by atoms with Gasteiger partial charge in [-0.05, 0) is 18.6 Å². The summed E-state index contributed by atoms with van der Waals surface area (Å²) in [5, 5.41) is 20.1. The Morgan fingerprint density at radius 3 is 2.34 bits per heavy atom. The second kappa shape index (κ2) is 13.8. The highest BCUT2D eigenvalue weighted by Gasteiger charge is 2.55. The molecule has 2 fully saturated rings. The highest BCUT2D eigenvalue weighted by molar-refractivity contribution is 5.93. The fourth-order valence-electron chi connectivity index (χ4n) is 5.14. The van der Waals surface area contributed by atoms with Gasteiger partial charge in [0.2, 0.25) is 12.6 Å². The van der Waals surface area contributed by atoms with Crippen LogP contribution in [-0.2, 0) is 57.1 Å². The maximum Gasteiger partial charge on any atom is 0.342 e. The van der Waals surface area contributed by atoms with Crippen LogP contribution in [0.5, 0.6) is 11.5 Å². The molecule has 0 amide bonds. The highest BCUT2D eigenvalue weighted by atomic mass is 16.8. The number of rotatable bonds is 9. The molecule has 8 atom stereocenters. The van der Waals surface area contributed by atoms with Gasteiger partial charge in [-0.25, -0.2) is 9.59 Å². The van der Waals surface area contributed by atoms with E-state index in [0.29, 0.717) is 6.42 Å². The Morgan fingerprint density at radius 1 is 0.977 bits per heavy atom. The Labute approximate surface area is 251 Å². The number of carbonyl (C=O) groups is 5. The van der Waals surface area contributed by atoms with Crippen molar-refractivity contribution in [1.82, 2.24) is 0 Å². The molecule has 15 heteroatoms. The van der Waals surface area contributed by atoms with E-state index in [1.807, 2.05) is 0 Å². The van der Waals surface area contributed by atoms with E-state index in [4.69, 9.17) is 37.9 Å². The minimum absolute atomic E-state index is 0.161. The molecule has 3 aliphatic rings. The average molecular weight is 621 g/mol. The summed E-state index contributed by atoms with van der Waals surface area (Å²) in [6, 6.07) is 3.58. The van der Waals surface area contributed by atoms with Crippen molar-refractivity contribution in [2.45, 2.75) is 64.2 Å². The Hall–Kier alpha value is -4.63. The van der Waals surface area contributed by atoms with E-state index < -0.39 is 96.4 Å². The molecule has 2 saturated heterocycles. The van der Waals surface area contributed by atoms with Gasteiger partial charge >= 0.3 is 29.8 Å². The number of hydrogen-bond acceptors (Lipinski definition) is 15. The number of phenolic OH excluding ortho intramolecular Hbond substituents is 2. The van der Waals surface area contributed by atoms with Crippen molar-refractivity contribution in [2.75, 3.05) is 13.2 Å². The SMILES string of the molecule is C=C[C@H]1[C@H](O[C@@H]2O[C@@H](COC(C)=O)[C@H](OC(=O)c3cccc(O)c3O)[C@@H](OC(C)=O)[C@@H]2OC(C)=O)OC=C2C(=O)OCC[C@@H]21. The summed E-state index contributed by atoms with van der Waals surface area (Å²) in [5.41, 5.74) is -0.159. The number of cyclic esters (lactones) is 1. The van der Waals surface area contributed by atoms with Crippen LogP contribution in [0.4, 0.5) is 0 Å². The third-order valence-electron chi connectivity index (χ3n) is 7.07. The van der Waals surface area contributed by atoms with Gasteiger partial charge in [0.05, 0.1) is 18.4 Å². The van der Waals surface area contributed by atoms with Gasteiger partial charge < -0.3 is 48.1 Å². The molecule has 4 rings (SSSR count). The van der Waals surface area contributed by atoms with Crippen molar-refractivity contribution in [2.24, 2.45) is 11.8 Å². The normalized spacial score (nSPS) is 29.4. The molecular weight excluding hydrogens is 588 g/mol. The van der Waals surface area contributed by atoms with Crippen LogP contribution >= 0.6 is 0 Å². The minimum Gasteiger partial charge on any atom is -0.504 e. The molecule has 0 bridgehead atoms. The van der Waals surface area contributed by atoms with Gasteiger partial charge in [-0.2, -0.15) is 0 Å². The third-order valence-corrected chi connectivity index (χ3v) is 7.07. The summed E-state index contributed by atoms with van der Waals surface area (Å²) in [6.45, 7) is 6.70. The summed E-state index contributed by atoms with van der Waals surface area (Å²) in [4.78, 5) is 61.6. The molecule has 0 spiro atoms. The van der Waals surface area contributed by atoms with Crippen molar-refractivity contribution in [3.05, 3.63) is 48.3 Å². The monoisotopic (exact) mass is 620 g/mol. The van der Waals surface area contributed by atoms with E-state index in [1.165, 1.54) is 18.4 Å². The number of aromatic hydroxyl groups is 2. The number of ether oxygens (including phenoxy) is 8. The smallest absolute Gasteiger partial charge is 0.342 e. The van der Waals surface area contributed by atoms with Crippen molar-refractivity contribution < 1.29 is 72.1 Å². The fourth-order valence-corrected chi connectivity index (χ4v) is 5.14. The zero-order valence-electron chi connectivity index (χ0n) is 24.0. The van der Waals surface area contributed by atoms with Crippen LogP contribution in [0.2, 0.25) is 0 Å². The van der Waals surface area contributed by atoms with Crippen LogP contribution in [0.1, 0.15) is 37.6 Å². The molecule has 0 saturated carbocycles. The summed E-state index contributed by atoms with van der Waals surface area (Å²) < 4.78 is 44.6. The molecule has 1 aromatic carbocycles. The molecule has 3 aliphatic heterocycles. The number of phenols is 2. The molecule has 0 aromatic heterocycles. The molecular formula is C29H32O15. The lowest BCUT2D eigenvalue weighted by Gasteiger charge is -2.46. The van der Waals surface area contributed by atoms with Gasteiger partial charge in [-0.3, -0.25) is 14.4 Å². The quantitative estimate of drug-likeness (QED) is 0.174. The van der Waals surface area contributed by atoms with Crippen molar-refractivity contribution in [1.29, 1.82) is 0 Å². The zero-order valence-corrected chi connectivity index (χ0v) is 24.0. The van der Waals surface area contributed by atoms with Crippen molar-refractivity contribution in [3.8, 4) is 11.5 Å². The van der Waals surface area contributed by atoms with Crippen LogP contribution < -0.4 is 0 Å². The Bertz CT molecular complexity index is 1340. The summed E-state index contributed by atoms with van der Waals surface area (Å²) in [5.74, 6) is -6.54. The topological polar surface area (TPSA) is 200 Å². The Kier molecular flexibility index (Phi) is 10.1. The van der Waals surface area contributed by atoms with Crippen LogP contribution in [0.25, 0.3) is 0 Å². The standard InChI is InChI=1S/C29H32O15/c1-5-16-17-9-10-37-26(35)19(17)11-39-28(16)44-29-25(41-15(4)32)24(40-14(3)31)23(21(42-29)12-38-13(2)30)43-27(36)18-7-6-8-20(33)22(18)34/h5-8,11,16-17,21,23-25,28-29,33-34H,1,9-10,12H2,2-4H3/t16-,17-,21+,23+,24-,25+,28+,29+/m1/s1. The third kappa shape index (κ3) is 7.11. The number of hydrogen-bond donors (Lipinski definition) is 2. The lowest BCUT2D eigenvalue weighted by atomic mass is 9.81. The largest absolute Gasteiger partial charge is 0.504 e. The number of esters is 5. The van der Waals surface area contributed by atoms with E-state index in [2.05, 4.69) is 6.58 Å². The second-order valence-electron chi connectivity index (χ2n) is 10.1. The first-order valence-corrected chi connectivity index (χ1v) is 13.6. The van der Waals surface area contributed by atoms with Gasteiger partial charge in [0, 0.05) is 32.6 Å². The van der Waals surface area contributed by atoms with E-state index in [1.54, 1.807) is 0 Å². The van der Waals surface area contributed by atoms with E-state index in [9.17, 15) is 34.2 Å². The molecule has 15 nitrogen and oxygen atoms in total. The summed E-state index contributed by atoms with van der Waals surface area (Å²) in [7, 11) is 0. The molecule has 0 unspecified atom stereocenters. The number of benzene rings is 1. The summed E-state index contributed by atoms with van der Waals surface area (Å²) >= 11 is 0. The van der Waals surface area contributed by atoms with Gasteiger partial charge in [-0.15, -0.1) is 6.58 Å². The van der Waals surface area contributed by atoms with Gasteiger partial charge in [0.15, 0.2) is 29.8 Å². The predicted octanol–water partition coefficient (Wildman–Crippen LogP) is 1.40.